The van der Waals surface area contributed by atoms with E-state index in [1.54, 1.807) is 0 Å². The van der Waals surface area contributed by atoms with Crippen molar-refractivity contribution in [2.24, 2.45) is 0 Å². The van der Waals surface area contributed by atoms with Crippen LogP contribution in [-0.2, 0) is 15.6 Å². The van der Waals surface area contributed by atoms with Crippen LogP contribution in [-0.4, -0.2) is 26.7 Å². The van der Waals surface area contributed by atoms with Crippen LogP contribution in [0.3, 0.4) is 0 Å². The fourth-order valence-corrected chi connectivity index (χ4v) is 3.77. The van der Waals surface area contributed by atoms with Crippen molar-refractivity contribution < 1.29 is 13.4 Å². The Morgan fingerprint density at radius 2 is 2.18 bits per heavy atom. The molecular formula is C7H9FO2S. The molecule has 2 saturated heterocycles. The Morgan fingerprint density at radius 3 is 2.91 bits per heavy atom. The average molecular weight is 176 g/mol. The van der Waals surface area contributed by atoms with E-state index in [4.69, 9.17) is 0 Å². The molecule has 0 spiro atoms. The zero-order valence-corrected chi connectivity index (χ0v) is 6.77. The monoisotopic (exact) mass is 176 g/mol. The molecule has 0 saturated carbocycles. The van der Waals surface area contributed by atoms with Crippen molar-refractivity contribution in [1.29, 1.82) is 0 Å². The largest absolute Gasteiger partial charge is 0.296 e. The van der Waals surface area contributed by atoms with Crippen LogP contribution < -0.4 is 0 Å². The topological polar surface area (TPSA) is 34.1 Å². The van der Waals surface area contributed by atoms with Crippen LogP contribution >= 0.6 is 0 Å². The van der Waals surface area contributed by atoms with Gasteiger partial charge in [0.25, 0.3) is 0 Å². The molecule has 2 rings (SSSR count). The Hall–Kier alpha value is -0.250. The second-order valence-electron chi connectivity index (χ2n) is 3.14. The molecule has 2 fully saturated rings. The molecule has 2 bridgehead atoms. The number of Topliss-reactive ketones (excluding diaryl/α,β-unsaturated/α-hetero) is 1. The first kappa shape index (κ1) is 7.40. The molecule has 4 heteroatoms. The van der Waals surface area contributed by atoms with Crippen LogP contribution in [0.25, 0.3) is 0 Å². The van der Waals surface area contributed by atoms with Gasteiger partial charge >= 0.3 is 0 Å². The summed E-state index contributed by atoms with van der Waals surface area (Å²) in [6.07, 6.45) is 0.160. The number of hydrogen-bond acceptors (Lipinski definition) is 2. The number of ketones is 1. The lowest BCUT2D eigenvalue weighted by molar-refractivity contribution is -0.123. The summed E-state index contributed by atoms with van der Waals surface area (Å²) in [5.41, 5.74) is 0. The summed E-state index contributed by atoms with van der Waals surface area (Å²) in [6.45, 7) is 0. The van der Waals surface area contributed by atoms with Crippen LogP contribution in [0.2, 0.25) is 0 Å². The van der Waals surface area contributed by atoms with Gasteiger partial charge in [0, 0.05) is 22.5 Å². The van der Waals surface area contributed by atoms with Gasteiger partial charge in [0.15, 0.2) is 12.0 Å². The van der Waals surface area contributed by atoms with E-state index < -0.39 is 22.2 Å². The van der Waals surface area contributed by atoms with Gasteiger partial charge in [-0.15, -0.1) is 0 Å². The van der Waals surface area contributed by atoms with Crippen molar-refractivity contribution in [3.63, 3.8) is 0 Å². The lowest BCUT2D eigenvalue weighted by Crippen LogP contribution is -2.39. The summed E-state index contributed by atoms with van der Waals surface area (Å²) in [6, 6.07) is 0. The molecule has 2 aliphatic rings. The Morgan fingerprint density at radius 1 is 1.45 bits per heavy atom. The number of rotatable bonds is 0. The molecule has 0 aromatic heterocycles. The summed E-state index contributed by atoms with van der Waals surface area (Å²) >= 11 is 0. The number of carbonyl (C=O) groups is 1. The van der Waals surface area contributed by atoms with E-state index >= 15 is 0 Å². The molecule has 2 aliphatic heterocycles. The van der Waals surface area contributed by atoms with Crippen LogP contribution in [0, 0.1) is 0 Å². The minimum absolute atomic E-state index is 0.0282. The summed E-state index contributed by atoms with van der Waals surface area (Å²) < 4.78 is 24.2. The molecule has 0 amide bonds. The predicted molar refractivity (Wildman–Crippen MR) is 39.5 cm³/mol. The van der Waals surface area contributed by atoms with Gasteiger partial charge in [-0.25, -0.2) is 4.39 Å². The molecule has 0 aromatic carbocycles. The maximum Gasteiger partial charge on any atom is 0.172 e. The molecule has 4 unspecified atom stereocenters. The number of hydrogen-bond donors (Lipinski definition) is 0. The summed E-state index contributed by atoms with van der Waals surface area (Å²) in [7, 11) is -1.07. The first-order valence-electron chi connectivity index (χ1n) is 3.76. The fourth-order valence-electron chi connectivity index (χ4n) is 1.82. The highest BCUT2D eigenvalue weighted by Gasteiger charge is 2.47. The maximum atomic E-state index is 13.0. The summed E-state index contributed by atoms with van der Waals surface area (Å²) in [5.74, 6) is -0.336. The second-order valence-corrected chi connectivity index (χ2v) is 5.07. The van der Waals surface area contributed by atoms with Gasteiger partial charge < -0.3 is 0 Å². The molecule has 2 heterocycles. The fraction of sp³-hybridized carbons (Fsp3) is 0.857. The Kier molecular flexibility index (Phi) is 1.59. The summed E-state index contributed by atoms with van der Waals surface area (Å²) in [4.78, 5) is 10.9. The van der Waals surface area contributed by atoms with Gasteiger partial charge in [0.2, 0.25) is 0 Å². The van der Waals surface area contributed by atoms with Crippen molar-refractivity contribution in [3.05, 3.63) is 0 Å². The SMILES string of the molecule is O=C1CC2CCC(C1F)S2=O. The molecule has 0 aliphatic carbocycles. The Labute approximate surface area is 66.6 Å². The van der Waals surface area contributed by atoms with Crippen molar-refractivity contribution in [3.8, 4) is 0 Å². The summed E-state index contributed by atoms with van der Waals surface area (Å²) in [5, 5.41) is -0.499. The van der Waals surface area contributed by atoms with Crippen LogP contribution in [0.15, 0.2) is 0 Å². The molecule has 62 valence electrons. The normalized spacial score (nSPS) is 49.7. The third-order valence-corrected chi connectivity index (χ3v) is 4.59. The standard InChI is InChI=1S/C7H9FO2S/c8-7-5(9)3-4-1-2-6(7)11(4)10/h4,6-7H,1-3H2. The van der Waals surface area contributed by atoms with Crippen molar-refractivity contribution in [1.82, 2.24) is 0 Å². The minimum Gasteiger partial charge on any atom is -0.296 e. The van der Waals surface area contributed by atoms with E-state index in [1.165, 1.54) is 0 Å². The molecule has 0 N–H and O–H groups in total. The molecular weight excluding hydrogens is 167 g/mol. The van der Waals surface area contributed by atoms with E-state index in [-0.39, 0.29) is 17.5 Å². The van der Waals surface area contributed by atoms with Crippen molar-refractivity contribution >= 4 is 16.6 Å². The maximum absolute atomic E-state index is 13.0. The van der Waals surface area contributed by atoms with Gasteiger partial charge in [0.1, 0.15) is 0 Å². The van der Waals surface area contributed by atoms with Crippen LogP contribution in [0.4, 0.5) is 4.39 Å². The van der Waals surface area contributed by atoms with Gasteiger partial charge in [-0.1, -0.05) is 0 Å². The van der Waals surface area contributed by atoms with Crippen LogP contribution in [0.1, 0.15) is 19.3 Å². The van der Waals surface area contributed by atoms with E-state index in [0.717, 1.165) is 6.42 Å². The lowest BCUT2D eigenvalue weighted by atomic mass is 10.1. The van der Waals surface area contributed by atoms with Gasteiger partial charge in [-0.2, -0.15) is 0 Å². The van der Waals surface area contributed by atoms with Crippen molar-refractivity contribution in [2.75, 3.05) is 0 Å². The number of alkyl halides is 1. The zero-order valence-electron chi connectivity index (χ0n) is 5.96. The number of carbonyl (C=O) groups excluding carboxylic acids is 1. The minimum atomic E-state index is -1.44. The zero-order chi connectivity index (χ0) is 8.01. The molecule has 0 radical (unpaired) electrons. The van der Waals surface area contributed by atoms with Gasteiger partial charge in [-0.3, -0.25) is 9.00 Å². The molecule has 0 aromatic rings. The highest BCUT2D eigenvalue weighted by molar-refractivity contribution is 7.86. The highest BCUT2D eigenvalue weighted by atomic mass is 32.2. The first-order valence-corrected chi connectivity index (χ1v) is 5.04. The Bertz CT molecular complexity index is 228. The molecule has 4 atom stereocenters. The quantitative estimate of drug-likeness (QED) is 0.541. The van der Waals surface area contributed by atoms with E-state index in [2.05, 4.69) is 0 Å². The van der Waals surface area contributed by atoms with Gasteiger partial charge in [-0.05, 0) is 12.8 Å². The van der Waals surface area contributed by atoms with Gasteiger partial charge in [0.05, 0.1) is 5.25 Å². The van der Waals surface area contributed by atoms with E-state index in [0.29, 0.717) is 6.42 Å². The third kappa shape index (κ3) is 0.956. The predicted octanol–water partition coefficient (Wildman–Crippen LogP) is 0.577. The lowest BCUT2D eigenvalue weighted by Gasteiger charge is -2.20. The molecule has 2 nitrogen and oxygen atoms in total. The molecule has 11 heavy (non-hydrogen) atoms. The smallest absolute Gasteiger partial charge is 0.172 e. The number of halogens is 1. The van der Waals surface area contributed by atoms with Crippen LogP contribution in [0.5, 0.6) is 0 Å². The third-order valence-electron chi connectivity index (χ3n) is 2.46. The van der Waals surface area contributed by atoms with Crippen molar-refractivity contribution in [2.45, 2.75) is 35.9 Å². The average Bonchev–Trinajstić information content (AvgIpc) is 2.23. The number of fused-ring (bicyclic) bond motifs is 2. The Balaban J connectivity index is 2.29. The first-order chi connectivity index (χ1) is 5.20. The highest BCUT2D eigenvalue weighted by Crippen LogP contribution is 2.35. The second kappa shape index (κ2) is 2.37. The van der Waals surface area contributed by atoms with E-state index in [1.807, 2.05) is 0 Å². The van der Waals surface area contributed by atoms with E-state index in [9.17, 15) is 13.4 Å².